The Morgan fingerprint density at radius 2 is 1.79 bits per heavy atom. The lowest BCUT2D eigenvalue weighted by molar-refractivity contribution is 0.00752. The Hall–Kier alpha value is -0.940. The monoisotopic (exact) mass is 334 g/mol. The summed E-state index contributed by atoms with van der Waals surface area (Å²) in [5, 5.41) is 13.4. The lowest BCUT2D eigenvalue weighted by atomic mass is 9.86. The van der Waals surface area contributed by atoms with E-state index in [1.165, 1.54) is 5.56 Å². The average Bonchev–Trinajstić information content (AvgIpc) is 2.54. The summed E-state index contributed by atoms with van der Waals surface area (Å²) in [5.74, 6) is 0. The highest BCUT2D eigenvalue weighted by molar-refractivity contribution is 5.21. The molecule has 24 heavy (non-hydrogen) atoms. The molecule has 1 aliphatic heterocycles. The molecule has 1 fully saturated rings. The van der Waals surface area contributed by atoms with Crippen molar-refractivity contribution >= 4 is 0 Å². The van der Waals surface area contributed by atoms with Crippen molar-refractivity contribution in [1.82, 2.24) is 10.2 Å². The van der Waals surface area contributed by atoms with Crippen LogP contribution in [0.15, 0.2) is 30.3 Å². The van der Waals surface area contributed by atoms with Gasteiger partial charge in [-0.2, -0.15) is 0 Å². The molecular formula is C20H34N2O2. The Kier molecular flexibility index (Phi) is 7.23. The molecule has 4 nitrogen and oxygen atoms in total. The fourth-order valence-corrected chi connectivity index (χ4v) is 3.74. The summed E-state index contributed by atoms with van der Waals surface area (Å²) in [6.07, 6.45) is 0.543. The van der Waals surface area contributed by atoms with Gasteiger partial charge in [-0.15, -0.1) is 0 Å². The van der Waals surface area contributed by atoms with Gasteiger partial charge in [0, 0.05) is 25.7 Å². The zero-order chi connectivity index (χ0) is 17.6. The number of rotatable bonds is 8. The zero-order valence-electron chi connectivity index (χ0n) is 15.7. The molecule has 0 radical (unpaired) electrons. The van der Waals surface area contributed by atoms with Crippen LogP contribution in [0.2, 0.25) is 0 Å². The second-order valence-electron chi connectivity index (χ2n) is 7.89. The van der Waals surface area contributed by atoms with E-state index < -0.39 is 0 Å². The van der Waals surface area contributed by atoms with E-state index in [0.717, 1.165) is 39.3 Å². The van der Waals surface area contributed by atoms with Crippen LogP contribution in [0.3, 0.4) is 0 Å². The predicted molar refractivity (Wildman–Crippen MR) is 99.1 cm³/mol. The molecule has 1 heterocycles. The first-order chi connectivity index (χ1) is 11.4. The van der Waals surface area contributed by atoms with Gasteiger partial charge < -0.3 is 15.2 Å². The summed E-state index contributed by atoms with van der Waals surface area (Å²) in [5.41, 5.74) is 1.43. The van der Waals surface area contributed by atoms with Crippen molar-refractivity contribution in [3.05, 3.63) is 35.9 Å². The van der Waals surface area contributed by atoms with Crippen LogP contribution in [0, 0.1) is 5.41 Å². The smallest absolute Gasteiger partial charge is 0.0594 e. The van der Waals surface area contributed by atoms with Crippen LogP contribution in [0.5, 0.6) is 0 Å². The van der Waals surface area contributed by atoms with Crippen molar-refractivity contribution in [2.45, 2.75) is 52.3 Å². The van der Waals surface area contributed by atoms with Crippen molar-refractivity contribution < 1.29 is 9.84 Å². The summed E-state index contributed by atoms with van der Waals surface area (Å²) in [7, 11) is 0. The summed E-state index contributed by atoms with van der Waals surface area (Å²) >= 11 is 0. The predicted octanol–water partition coefficient (Wildman–Crippen LogP) is 2.84. The number of ether oxygens (including phenoxy) is 1. The molecule has 0 amide bonds. The Labute approximate surface area is 147 Å². The molecule has 2 rings (SSSR count). The molecule has 4 heteroatoms. The van der Waals surface area contributed by atoms with E-state index in [1.807, 2.05) is 6.92 Å². The second kappa shape index (κ2) is 8.95. The first kappa shape index (κ1) is 19.4. The topological polar surface area (TPSA) is 44.7 Å². The first-order valence-corrected chi connectivity index (χ1v) is 9.17. The van der Waals surface area contributed by atoms with Crippen molar-refractivity contribution in [3.63, 3.8) is 0 Å². The number of hydrogen-bond donors (Lipinski definition) is 2. The summed E-state index contributed by atoms with van der Waals surface area (Å²) < 4.78 is 5.53. The third kappa shape index (κ3) is 5.85. The molecule has 1 aliphatic rings. The van der Waals surface area contributed by atoms with Crippen molar-refractivity contribution in [3.8, 4) is 0 Å². The minimum Gasteiger partial charge on any atom is -0.393 e. The highest BCUT2D eigenvalue weighted by Crippen LogP contribution is 2.27. The molecule has 1 aromatic carbocycles. The average molecular weight is 335 g/mol. The number of nitrogens with one attached hydrogen (secondary N) is 1. The lowest BCUT2D eigenvalue weighted by Crippen LogP contribution is -2.48. The molecule has 0 bridgehead atoms. The Morgan fingerprint density at radius 3 is 2.38 bits per heavy atom. The molecule has 3 unspecified atom stereocenters. The summed E-state index contributed by atoms with van der Waals surface area (Å²) in [4.78, 5) is 2.53. The van der Waals surface area contributed by atoms with Gasteiger partial charge in [0.25, 0.3) is 0 Å². The van der Waals surface area contributed by atoms with Crippen LogP contribution in [0.4, 0.5) is 0 Å². The van der Waals surface area contributed by atoms with Gasteiger partial charge in [-0.1, -0.05) is 44.2 Å². The maximum Gasteiger partial charge on any atom is 0.0594 e. The number of nitrogens with zero attached hydrogens (tertiary/aromatic N) is 1. The van der Waals surface area contributed by atoms with Gasteiger partial charge in [-0.05, 0) is 31.2 Å². The number of hydrogen-bond acceptors (Lipinski definition) is 4. The Bertz CT molecular complexity index is 470. The molecule has 0 aromatic heterocycles. The minimum atomic E-state index is -0.263. The minimum absolute atomic E-state index is 0.0780. The molecule has 0 aliphatic carbocycles. The molecule has 0 saturated carbocycles. The number of aliphatic hydroxyl groups excluding tert-OH is 1. The molecule has 1 saturated heterocycles. The Morgan fingerprint density at radius 1 is 1.17 bits per heavy atom. The van der Waals surface area contributed by atoms with Gasteiger partial charge in [0.15, 0.2) is 0 Å². The maximum absolute atomic E-state index is 9.69. The van der Waals surface area contributed by atoms with Crippen LogP contribution >= 0.6 is 0 Å². The molecule has 136 valence electrons. The largest absolute Gasteiger partial charge is 0.393 e. The van der Waals surface area contributed by atoms with Crippen LogP contribution in [0.25, 0.3) is 0 Å². The van der Waals surface area contributed by atoms with E-state index in [1.54, 1.807) is 0 Å². The van der Waals surface area contributed by atoms with Crippen LogP contribution in [-0.2, 0) is 4.74 Å². The lowest BCUT2D eigenvalue weighted by Gasteiger charge is -2.39. The van der Waals surface area contributed by atoms with Gasteiger partial charge >= 0.3 is 0 Å². The van der Waals surface area contributed by atoms with Crippen LogP contribution < -0.4 is 5.32 Å². The SMILES string of the molecule is CC(O)CC(C)(C)CNC(C)C(c1ccccc1)N1CCOCC1. The van der Waals surface area contributed by atoms with E-state index >= 15 is 0 Å². The molecule has 1 aromatic rings. The van der Waals surface area contributed by atoms with Crippen molar-refractivity contribution in [2.75, 3.05) is 32.8 Å². The third-order valence-corrected chi connectivity index (χ3v) is 4.80. The molecule has 3 atom stereocenters. The van der Waals surface area contributed by atoms with Gasteiger partial charge in [0.1, 0.15) is 0 Å². The van der Waals surface area contributed by atoms with Gasteiger partial charge in [0.2, 0.25) is 0 Å². The van der Waals surface area contributed by atoms with Crippen LogP contribution in [-0.4, -0.2) is 55.0 Å². The fourth-order valence-electron chi connectivity index (χ4n) is 3.74. The van der Waals surface area contributed by atoms with Crippen molar-refractivity contribution in [2.24, 2.45) is 5.41 Å². The highest BCUT2D eigenvalue weighted by atomic mass is 16.5. The number of benzene rings is 1. The normalized spacial score (nSPS) is 20.5. The van der Waals surface area contributed by atoms with E-state index in [-0.39, 0.29) is 11.5 Å². The third-order valence-electron chi connectivity index (χ3n) is 4.80. The maximum atomic E-state index is 9.69. The van der Waals surface area contributed by atoms with E-state index in [2.05, 4.69) is 61.3 Å². The quantitative estimate of drug-likeness (QED) is 0.767. The molecular weight excluding hydrogens is 300 g/mol. The summed E-state index contributed by atoms with van der Waals surface area (Å²) in [6.45, 7) is 13.0. The first-order valence-electron chi connectivity index (χ1n) is 9.17. The van der Waals surface area contributed by atoms with Gasteiger partial charge in [-0.25, -0.2) is 0 Å². The van der Waals surface area contributed by atoms with E-state index in [0.29, 0.717) is 12.1 Å². The Balaban J connectivity index is 2.06. The molecule has 0 spiro atoms. The standard InChI is InChI=1S/C20H34N2O2/c1-16(23)14-20(3,4)15-21-17(2)19(18-8-6-5-7-9-18)22-10-12-24-13-11-22/h5-9,16-17,19,21,23H,10-15H2,1-4H3. The summed E-state index contributed by atoms with van der Waals surface area (Å²) in [6, 6.07) is 11.4. The van der Waals surface area contributed by atoms with Gasteiger partial charge in [-0.3, -0.25) is 4.90 Å². The zero-order valence-corrected chi connectivity index (χ0v) is 15.7. The number of aliphatic hydroxyl groups is 1. The molecule has 2 N–H and O–H groups in total. The number of morpholine rings is 1. The van der Waals surface area contributed by atoms with Crippen LogP contribution in [0.1, 0.15) is 45.7 Å². The second-order valence-corrected chi connectivity index (χ2v) is 7.89. The highest BCUT2D eigenvalue weighted by Gasteiger charge is 2.29. The van der Waals surface area contributed by atoms with E-state index in [4.69, 9.17) is 4.74 Å². The van der Waals surface area contributed by atoms with Gasteiger partial charge in [0.05, 0.1) is 25.4 Å². The van der Waals surface area contributed by atoms with Crippen molar-refractivity contribution in [1.29, 1.82) is 0 Å². The van der Waals surface area contributed by atoms with E-state index in [9.17, 15) is 5.11 Å². The fraction of sp³-hybridized carbons (Fsp3) is 0.700.